The van der Waals surface area contributed by atoms with Gasteiger partial charge in [-0.15, -0.1) is 10.2 Å². The molecule has 1 saturated carbocycles. The fourth-order valence-corrected chi connectivity index (χ4v) is 4.12. The molecule has 1 fully saturated rings. The van der Waals surface area contributed by atoms with Crippen molar-refractivity contribution in [1.29, 1.82) is 0 Å². The van der Waals surface area contributed by atoms with Gasteiger partial charge >= 0.3 is 0 Å². The summed E-state index contributed by atoms with van der Waals surface area (Å²) >= 11 is 0. The van der Waals surface area contributed by atoms with Crippen LogP contribution in [0.2, 0.25) is 0 Å². The van der Waals surface area contributed by atoms with Crippen molar-refractivity contribution < 1.29 is 13.6 Å². The molecule has 176 valence electrons. The zero-order valence-electron chi connectivity index (χ0n) is 19.1. The molecule has 1 N–H and O–H groups in total. The minimum atomic E-state index is -0.506. The van der Waals surface area contributed by atoms with Crippen LogP contribution in [0.3, 0.4) is 0 Å². The molecule has 0 saturated heterocycles. The smallest absolute Gasteiger partial charge is 0.294 e. The number of hydrogen-bond acceptors (Lipinski definition) is 6. The van der Waals surface area contributed by atoms with E-state index < -0.39 is 11.7 Å². The van der Waals surface area contributed by atoms with E-state index >= 15 is 0 Å². The lowest BCUT2D eigenvalue weighted by Crippen LogP contribution is -2.15. The topological polar surface area (TPSA) is 104 Å². The fraction of sp³-hybridized carbons (Fsp3) is 0.240. The van der Waals surface area contributed by atoms with Crippen LogP contribution >= 0.6 is 0 Å². The second-order valence-electron chi connectivity index (χ2n) is 8.92. The number of nitrogens with zero attached hydrogens (tertiary/aromatic N) is 6. The summed E-state index contributed by atoms with van der Waals surface area (Å²) in [6.07, 6.45) is 7.35. The number of nitrogens with one attached hydrogen (secondary N) is 1. The summed E-state index contributed by atoms with van der Waals surface area (Å²) in [4.78, 5) is 22.4. The highest BCUT2D eigenvalue weighted by Gasteiger charge is 2.28. The monoisotopic (exact) mass is 471 g/mol. The van der Waals surface area contributed by atoms with Crippen LogP contribution in [0.1, 0.15) is 54.9 Å². The normalized spacial score (nSPS) is 13.6. The number of amides is 1. The SMILES string of the molecule is CC(C)n1cnnc1-c1cccc(NC(=O)c2oc3ccc(F)cc3c2-n2cnc(C3CC3)c2)n1. The standard InChI is InChI=1S/C25H22FN7O2/c1-14(2)33-13-28-31-24(33)18-4-3-5-21(29-18)30-25(34)23-22(17-10-16(26)8-9-20(17)35-23)32-11-19(27-12-32)15-6-7-15/h3-5,8-15H,6-7H2,1-2H3,(H,29,30,34). The van der Waals surface area contributed by atoms with Crippen molar-refractivity contribution in [2.75, 3.05) is 5.32 Å². The number of rotatable bonds is 6. The predicted octanol–water partition coefficient (Wildman–Crippen LogP) is 5.12. The quantitative estimate of drug-likeness (QED) is 0.369. The Morgan fingerprint density at radius 3 is 2.86 bits per heavy atom. The first-order valence-electron chi connectivity index (χ1n) is 11.4. The lowest BCUT2D eigenvalue weighted by molar-refractivity contribution is 0.0998. The molecule has 35 heavy (non-hydrogen) atoms. The maximum absolute atomic E-state index is 14.1. The van der Waals surface area contributed by atoms with Gasteiger partial charge in [0.15, 0.2) is 5.82 Å². The lowest BCUT2D eigenvalue weighted by atomic mass is 10.2. The van der Waals surface area contributed by atoms with Gasteiger partial charge in [-0.25, -0.2) is 14.4 Å². The Morgan fingerprint density at radius 2 is 2.06 bits per heavy atom. The molecule has 1 aliphatic rings. The predicted molar refractivity (Wildman–Crippen MR) is 127 cm³/mol. The van der Waals surface area contributed by atoms with Crippen LogP contribution in [0, 0.1) is 5.82 Å². The van der Waals surface area contributed by atoms with Crippen LogP contribution < -0.4 is 5.32 Å². The summed E-state index contributed by atoms with van der Waals surface area (Å²) in [6.45, 7) is 4.05. The second kappa shape index (κ2) is 8.15. The third-order valence-electron chi connectivity index (χ3n) is 6.04. The average Bonchev–Trinajstić information content (AvgIpc) is 3.23. The highest BCUT2D eigenvalue weighted by molar-refractivity contribution is 6.09. The first kappa shape index (κ1) is 21.2. The van der Waals surface area contributed by atoms with E-state index in [2.05, 4.69) is 25.5 Å². The summed E-state index contributed by atoms with van der Waals surface area (Å²) in [7, 11) is 0. The molecule has 1 aliphatic carbocycles. The van der Waals surface area contributed by atoms with E-state index in [0.29, 0.717) is 39.9 Å². The van der Waals surface area contributed by atoms with Crippen LogP contribution in [-0.4, -0.2) is 35.2 Å². The Kier molecular flexibility index (Phi) is 4.94. The number of hydrogen-bond donors (Lipinski definition) is 1. The Labute approximate surface area is 199 Å². The van der Waals surface area contributed by atoms with E-state index in [-0.39, 0.29) is 11.8 Å². The Bertz CT molecular complexity index is 1560. The largest absolute Gasteiger partial charge is 0.449 e. The van der Waals surface area contributed by atoms with Crippen molar-refractivity contribution >= 4 is 22.7 Å². The number of furan rings is 1. The number of benzene rings is 1. The third-order valence-corrected chi connectivity index (χ3v) is 6.04. The van der Waals surface area contributed by atoms with Gasteiger partial charge in [0.1, 0.15) is 34.9 Å². The van der Waals surface area contributed by atoms with E-state index in [9.17, 15) is 9.18 Å². The van der Waals surface area contributed by atoms with E-state index in [4.69, 9.17) is 4.42 Å². The summed E-state index contributed by atoms with van der Waals surface area (Å²) < 4.78 is 23.6. The number of aromatic nitrogens is 6. The van der Waals surface area contributed by atoms with Gasteiger partial charge in [-0.3, -0.25) is 4.79 Å². The lowest BCUT2D eigenvalue weighted by Gasteiger charge is -2.10. The Hall–Kier alpha value is -4.34. The molecular weight excluding hydrogens is 449 g/mol. The minimum absolute atomic E-state index is 0.0443. The highest BCUT2D eigenvalue weighted by atomic mass is 19.1. The van der Waals surface area contributed by atoms with Crippen molar-refractivity contribution in [3.8, 4) is 17.2 Å². The van der Waals surface area contributed by atoms with Crippen molar-refractivity contribution in [2.45, 2.75) is 38.6 Å². The molecule has 5 aromatic rings. The van der Waals surface area contributed by atoms with Gasteiger partial charge in [0.2, 0.25) is 5.76 Å². The number of imidazole rings is 1. The molecule has 0 aliphatic heterocycles. The van der Waals surface area contributed by atoms with Crippen LogP contribution in [0.5, 0.6) is 0 Å². The minimum Gasteiger partial charge on any atom is -0.449 e. The molecule has 4 aromatic heterocycles. The van der Waals surface area contributed by atoms with E-state index in [1.807, 2.05) is 24.6 Å². The first-order chi connectivity index (χ1) is 17.0. The van der Waals surface area contributed by atoms with Gasteiger partial charge in [0.25, 0.3) is 5.91 Å². The molecule has 9 nitrogen and oxygen atoms in total. The molecule has 0 atom stereocenters. The average molecular weight is 471 g/mol. The van der Waals surface area contributed by atoms with Gasteiger partial charge in [0.05, 0.1) is 12.0 Å². The summed E-state index contributed by atoms with van der Waals surface area (Å²) in [5, 5.41) is 11.5. The number of pyridine rings is 1. The molecule has 1 aromatic carbocycles. The maximum atomic E-state index is 14.1. The number of anilines is 1. The second-order valence-corrected chi connectivity index (χ2v) is 8.92. The number of halogens is 1. The van der Waals surface area contributed by atoms with Crippen molar-refractivity contribution in [3.05, 3.63) is 72.5 Å². The van der Waals surface area contributed by atoms with Crippen LogP contribution in [-0.2, 0) is 0 Å². The molecule has 0 unspecified atom stereocenters. The number of fused-ring (bicyclic) bond motifs is 1. The highest BCUT2D eigenvalue weighted by Crippen LogP contribution is 2.40. The van der Waals surface area contributed by atoms with Crippen LogP contribution in [0.4, 0.5) is 10.2 Å². The van der Waals surface area contributed by atoms with Gasteiger partial charge in [-0.2, -0.15) is 0 Å². The van der Waals surface area contributed by atoms with Crippen molar-refractivity contribution in [3.63, 3.8) is 0 Å². The number of carbonyl (C=O) groups is 1. The fourth-order valence-electron chi connectivity index (χ4n) is 4.12. The summed E-state index contributed by atoms with van der Waals surface area (Å²) in [5.41, 5.74) is 2.36. The van der Waals surface area contributed by atoms with Gasteiger partial charge in [-0.1, -0.05) is 6.07 Å². The molecule has 0 radical (unpaired) electrons. The van der Waals surface area contributed by atoms with Crippen LogP contribution in [0.25, 0.3) is 28.2 Å². The summed E-state index contributed by atoms with van der Waals surface area (Å²) in [5.74, 6) is 0.479. The van der Waals surface area contributed by atoms with E-state index in [0.717, 1.165) is 18.5 Å². The zero-order chi connectivity index (χ0) is 24.1. The molecule has 1 amide bonds. The Balaban J connectivity index is 1.38. The Morgan fingerprint density at radius 1 is 1.20 bits per heavy atom. The third kappa shape index (κ3) is 3.86. The van der Waals surface area contributed by atoms with Gasteiger partial charge < -0.3 is 18.9 Å². The van der Waals surface area contributed by atoms with Gasteiger partial charge in [0, 0.05) is 23.5 Å². The van der Waals surface area contributed by atoms with Gasteiger partial charge in [-0.05, 0) is 57.0 Å². The molecule has 0 spiro atoms. The molecule has 6 rings (SSSR count). The molecule has 4 heterocycles. The first-order valence-corrected chi connectivity index (χ1v) is 11.4. The molecule has 10 heteroatoms. The number of carbonyl (C=O) groups excluding carboxylic acids is 1. The maximum Gasteiger partial charge on any atom is 0.294 e. The summed E-state index contributed by atoms with van der Waals surface area (Å²) in [6, 6.07) is 9.59. The molecular formula is C25H22FN7O2. The van der Waals surface area contributed by atoms with E-state index in [1.165, 1.54) is 18.2 Å². The van der Waals surface area contributed by atoms with Crippen molar-refractivity contribution in [1.82, 2.24) is 29.3 Å². The molecule has 0 bridgehead atoms. The zero-order valence-corrected chi connectivity index (χ0v) is 19.1. The van der Waals surface area contributed by atoms with E-state index in [1.54, 1.807) is 35.4 Å². The van der Waals surface area contributed by atoms with Crippen molar-refractivity contribution in [2.24, 2.45) is 0 Å². The van der Waals surface area contributed by atoms with Crippen LogP contribution in [0.15, 0.2) is 59.7 Å².